The molecule has 0 saturated carbocycles. The summed E-state index contributed by atoms with van der Waals surface area (Å²) in [6, 6.07) is 6.55. The maximum Gasteiger partial charge on any atom is 0.242 e. The first-order chi connectivity index (χ1) is 10.0. The van der Waals surface area contributed by atoms with Crippen LogP contribution in [0.4, 0.5) is 0 Å². The van der Waals surface area contributed by atoms with Crippen molar-refractivity contribution in [1.29, 1.82) is 0 Å². The molecule has 0 aromatic heterocycles. The highest BCUT2D eigenvalue weighted by molar-refractivity contribution is 7.89. The molecule has 6 heteroatoms. The van der Waals surface area contributed by atoms with Gasteiger partial charge in [-0.15, -0.1) is 0 Å². The van der Waals surface area contributed by atoms with Crippen molar-refractivity contribution in [3.63, 3.8) is 0 Å². The van der Waals surface area contributed by atoms with E-state index in [9.17, 15) is 8.42 Å². The third-order valence-corrected chi connectivity index (χ3v) is 4.86. The number of nitrogens with zero attached hydrogens (tertiary/aromatic N) is 1. The molecule has 1 aromatic carbocycles. The van der Waals surface area contributed by atoms with Gasteiger partial charge in [-0.05, 0) is 37.5 Å². The number of unbranched alkanes of at least 4 members (excludes halogenated alkanes) is 2. The summed E-state index contributed by atoms with van der Waals surface area (Å²) in [5, 5.41) is 8.72. The maximum absolute atomic E-state index is 12.4. The van der Waals surface area contributed by atoms with Gasteiger partial charge in [-0.2, -0.15) is 0 Å². The first-order valence-corrected chi connectivity index (χ1v) is 8.32. The van der Waals surface area contributed by atoms with Crippen LogP contribution < -0.4 is 5.73 Å². The zero-order chi connectivity index (χ0) is 15.7. The number of hydrogen-bond acceptors (Lipinski definition) is 4. The van der Waals surface area contributed by atoms with Gasteiger partial charge in [-0.25, -0.2) is 12.7 Å². The fourth-order valence-electron chi connectivity index (χ4n) is 1.81. The normalized spacial score (nSPS) is 11.2. The summed E-state index contributed by atoms with van der Waals surface area (Å²) < 4.78 is 26.2. The molecule has 0 aliphatic rings. The van der Waals surface area contributed by atoms with Crippen molar-refractivity contribution in [2.45, 2.75) is 24.2 Å². The Balaban J connectivity index is 2.81. The van der Waals surface area contributed by atoms with Crippen LogP contribution in [-0.4, -0.2) is 44.6 Å². The van der Waals surface area contributed by atoms with Gasteiger partial charge in [0, 0.05) is 25.8 Å². The lowest BCUT2D eigenvalue weighted by Gasteiger charge is -2.17. The number of benzene rings is 1. The molecule has 0 bridgehead atoms. The Bertz CT molecular complexity index is 603. The molecule has 21 heavy (non-hydrogen) atoms. The minimum absolute atomic E-state index is 0.137. The highest BCUT2D eigenvalue weighted by atomic mass is 32.2. The molecule has 116 valence electrons. The summed E-state index contributed by atoms with van der Waals surface area (Å²) in [4.78, 5) is 0.232. The zero-order valence-electron chi connectivity index (χ0n) is 12.2. The fraction of sp³-hybridized carbons (Fsp3) is 0.467. The molecule has 0 atom stereocenters. The second-order valence-electron chi connectivity index (χ2n) is 4.64. The Hall–Kier alpha value is -1.39. The third kappa shape index (κ3) is 5.48. The van der Waals surface area contributed by atoms with Gasteiger partial charge in [0.2, 0.25) is 10.0 Å². The Morgan fingerprint density at radius 2 is 2.05 bits per heavy atom. The van der Waals surface area contributed by atoms with Crippen LogP contribution in [-0.2, 0) is 10.0 Å². The van der Waals surface area contributed by atoms with Crippen LogP contribution in [0.15, 0.2) is 29.2 Å². The molecular formula is C15H22N2O3S. The molecule has 0 heterocycles. The molecule has 1 aromatic rings. The molecule has 5 nitrogen and oxygen atoms in total. The van der Waals surface area contributed by atoms with Crippen LogP contribution in [0.25, 0.3) is 0 Å². The molecule has 0 saturated heterocycles. The Kier molecular flexibility index (Phi) is 7.40. The van der Waals surface area contributed by atoms with Gasteiger partial charge in [0.25, 0.3) is 0 Å². The third-order valence-electron chi connectivity index (χ3n) is 3.01. The number of rotatable bonds is 7. The van der Waals surface area contributed by atoms with Crippen molar-refractivity contribution in [3.05, 3.63) is 29.8 Å². The fourth-order valence-corrected chi connectivity index (χ4v) is 3.07. The highest BCUT2D eigenvalue weighted by Crippen LogP contribution is 2.16. The van der Waals surface area contributed by atoms with Gasteiger partial charge < -0.3 is 10.8 Å². The van der Waals surface area contributed by atoms with Gasteiger partial charge in [-0.3, -0.25) is 0 Å². The predicted molar refractivity (Wildman–Crippen MR) is 83.1 cm³/mol. The highest BCUT2D eigenvalue weighted by Gasteiger charge is 2.20. The number of aliphatic hydroxyl groups is 1. The Morgan fingerprint density at radius 3 is 2.71 bits per heavy atom. The van der Waals surface area contributed by atoms with Crippen LogP contribution in [0.2, 0.25) is 0 Å². The lowest BCUT2D eigenvalue weighted by atomic mass is 10.2. The minimum Gasteiger partial charge on any atom is -0.396 e. The Morgan fingerprint density at radius 1 is 1.29 bits per heavy atom. The summed E-state index contributed by atoms with van der Waals surface area (Å²) in [7, 11) is -1.94. The molecule has 0 aliphatic carbocycles. The van der Waals surface area contributed by atoms with Crippen molar-refractivity contribution < 1.29 is 13.5 Å². The maximum atomic E-state index is 12.4. The lowest BCUT2D eigenvalue weighted by molar-refractivity contribution is 0.281. The average Bonchev–Trinajstić information content (AvgIpc) is 2.49. The van der Waals surface area contributed by atoms with E-state index in [0.717, 1.165) is 12.8 Å². The van der Waals surface area contributed by atoms with Crippen molar-refractivity contribution in [3.8, 4) is 11.8 Å². The van der Waals surface area contributed by atoms with Gasteiger partial charge in [0.05, 0.1) is 11.4 Å². The summed E-state index contributed by atoms with van der Waals surface area (Å²) in [6.45, 7) is 0.807. The summed E-state index contributed by atoms with van der Waals surface area (Å²) in [6.07, 6.45) is 2.22. The topological polar surface area (TPSA) is 83.6 Å². The molecule has 3 N–H and O–H groups in total. The van der Waals surface area contributed by atoms with E-state index in [-0.39, 0.29) is 18.0 Å². The average molecular weight is 310 g/mol. The second-order valence-corrected chi connectivity index (χ2v) is 6.69. The van der Waals surface area contributed by atoms with Gasteiger partial charge in [-0.1, -0.05) is 17.9 Å². The summed E-state index contributed by atoms with van der Waals surface area (Å²) in [5.74, 6) is 5.54. The summed E-state index contributed by atoms with van der Waals surface area (Å²) >= 11 is 0. The largest absolute Gasteiger partial charge is 0.396 e. The van der Waals surface area contributed by atoms with E-state index in [1.165, 1.54) is 4.31 Å². The quantitative estimate of drug-likeness (QED) is 0.576. The van der Waals surface area contributed by atoms with Crippen LogP contribution in [0, 0.1) is 11.8 Å². The predicted octanol–water partition coefficient (Wildman–Crippen LogP) is 0.780. The molecular weight excluding hydrogens is 288 g/mol. The van der Waals surface area contributed by atoms with E-state index in [2.05, 4.69) is 11.8 Å². The van der Waals surface area contributed by atoms with E-state index in [1.54, 1.807) is 31.3 Å². The monoisotopic (exact) mass is 310 g/mol. The molecule has 1 rings (SSSR count). The van der Waals surface area contributed by atoms with Gasteiger partial charge >= 0.3 is 0 Å². The van der Waals surface area contributed by atoms with Gasteiger partial charge in [0.1, 0.15) is 0 Å². The molecule has 0 amide bonds. The van der Waals surface area contributed by atoms with E-state index >= 15 is 0 Å². The molecule has 0 spiro atoms. The Labute approximate surface area is 126 Å². The zero-order valence-corrected chi connectivity index (χ0v) is 13.1. The van der Waals surface area contributed by atoms with E-state index in [1.807, 2.05) is 0 Å². The lowest BCUT2D eigenvalue weighted by Crippen LogP contribution is -2.28. The second kappa shape index (κ2) is 8.80. The van der Waals surface area contributed by atoms with Gasteiger partial charge in [0.15, 0.2) is 0 Å². The number of aliphatic hydroxyl groups excluding tert-OH is 1. The number of hydrogen-bond donors (Lipinski definition) is 2. The first-order valence-electron chi connectivity index (χ1n) is 6.88. The van der Waals surface area contributed by atoms with Crippen molar-refractivity contribution in [1.82, 2.24) is 4.31 Å². The number of sulfonamides is 1. The smallest absolute Gasteiger partial charge is 0.242 e. The minimum atomic E-state index is -3.50. The standard InChI is InChI=1S/C15H22N2O3S/c1-17(11-3-2-4-12-18)21(19,20)15-9-5-7-14(13-15)8-6-10-16/h5,7,9,13,18H,2-4,10-12,16H2,1H3. The van der Waals surface area contributed by atoms with Crippen LogP contribution in [0.5, 0.6) is 0 Å². The molecule has 0 aliphatic heterocycles. The molecule has 0 unspecified atom stereocenters. The molecule has 0 fully saturated rings. The first kappa shape index (κ1) is 17.7. The van der Waals surface area contributed by atoms with Crippen molar-refractivity contribution in [2.24, 2.45) is 5.73 Å². The molecule has 0 radical (unpaired) electrons. The van der Waals surface area contributed by atoms with Crippen LogP contribution in [0.3, 0.4) is 0 Å². The van der Waals surface area contributed by atoms with E-state index in [0.29, 0.717) is 18.5 Å². The SMILES string of the molecule is CN(CCCCCO)S(=O)(=O)c1cccc(C#CCN)c1. The number of nitrogens with two attached hydrogens (primary N) is 1. The van der Waals surface area contributed by atoms with E-state index < -0.39 is 10.0 Å². The summed E-state index contributed by atoms with van der Waals surface area (Å²) in [5.41, 5.74) is 5.94. The van der Waals surface area contributed by atoms with Crippen molar-refractivity contribution in [2.75, 3.05) is 26.7 Å². The van der Waals surface area contributed by atoms with Crippen molar-refractivity contribution >= 4 is 10.0 Å². The van der Waals surface area contributed by atoms with Crippen LogP contribution >= 0.6 is 0 Å². The van der Waals surface area contributed by atoms with E-state index in [4.69, 9.17) is 10.8 Å². The van der Waals surface area contributed by atoms with Crippen LogP contribution in [0.1, 0.15) is 24.8 Å².